The van der Waals surface area contributed by atoms with Crippen molar-refractivity contribution >= 4 is 17.4 Å². The molecule has 0 saturated heterocycles. The third-order valence-corrected chi connectivity index (χ3v) is 4.19. The average Bonchev–Trinajstić information content (AvgIpc) is 3.02. The van der Waals surface area contributed by atoms with Crippen LogP contribution >= 0.6 is 11.3 Å². The summed E-state index contributed by atoms with van der Waals surface area (Å²) in [6.45, 7) is 2.48. The summed E-state index contributed by atoms with van der Waals surface area (Å²) in [6.07, 6.45) is 1.73. The third kappa shape index (κ3) is 4.54. The van der Waals surface area contributed by atoms with Gasteiger partial charge in [-0.05, 0) is 55.5 Å². The lowest BCUT2D eigenvalue weighted by molar-refractivity contribution is 0.230. The summed E-state index contributed by atoms with van der Waals surface area (Å²) in [4.78, 5) is 18.4. The molecule has 0 radical (unpaired) electrons. The van der Waals surface area contributed by atoms with E-state index in [1.807, 2.05) is 39.2 Å². The second kappa shape index (κ2) is 7.91. The zero-order chi connectivity index (χ0) is 15.9. The highest BCUT2D eigenvalue weighted by molar-refractivity contribution is 7.07. The standard InChI is InChI=1S/C16H22N4OS/c1-12(14-6-4-5-8-17-14)19-16(21)18-10-15(20(2)3)13-7-9-22-11-13/h4-9,11-12,15H,10H2,1-3H3,(H2,18,19,21). The van der Waals surface area contributed by atoms with Crippen molar-refractivity contribution < 1.29 is 4.79 Å². The Kier molecular flexibility index (Phi) is 5.91. The highest BCUT2D eigenvalue weighted by Gasteiger charge is 2.16. The number of urea groups is 1. The van der Waals surface area contributed by atoms with Crippen molar-refractivity contribution in [1.82, 2.24) is 20.5 Å². The van der Waals surface area contributed by atoms with Crippen LogP contribution in [0.25, 0.3) is 0 Å². The van der Waals surface area contributed by atoms with Gasteiger partial charge in [0.2, 0.25) is 0 Å². The first-order valence-corrected chi connectivity index (χ1v) is 8.16. The van der Waals surface area contributed by atoms with Crippen LogP contribution in [0, 0.1) is 0 Å². The van der Waals surface area contributed by atoms with Crippen molar-refractivity contribution in [3.05, 3.63) is 52.5 Å². The van der Waals surface area contributed by atoms with Crippen LogP contribution in [-0.4, -0.2) is 36.6 Å². The van der Waals surface area contributed by atoms with E-state index in [4.69, 9.17) is 0 Å². The topological polar surface area (TPSA) is 57.3 Å². The highest BCUT2D eigenvalue weighted by atomic mass is 32.1. The van der Waals surface area contributed by atoms with Crippen molar-refractivity contribution in [2.45, 2.75) is 19.0 Å². The number of carbonyl (C=O) groups is 1. The van der Waals surface area contributed by atoms with Crippen LogP contribution in [0.3, 0.4) is 0 Å². The first kappa shape index (κ1) is 16.5. The number of pyridine rings is 1. The summed E-state index contributed by atoms with van der Waals surface area (Å²) in [5.74, 6) is 0. The lowest BCUT2D eigenvalue weighted by atomic mass is 10.1. The van der Waals surface area contributed by atoms with Gasteiger partial charge >= 0.3 is 6.03 Å². The van der Waals surface area contributed by atoms with Gasteiger partial charge in [0.1, 0.15) is 0 Å². The Balaban J connectivity index is 1.86. The first-order chi connectivity index (χ1) is 10.6. The van der Waals surface area contributed by atoms with Gasteiger partial charge in [0.15, 0.2) is 0 Å². The lowest BCUT2D eigenvalue weighted by Gasteiger charge is -2.24. The molecule has 2 aromatic heterocycles. The van der Waals surface area contributed by atoms with Crippen LogP contribution in [0.1, 0.15) is 30.3 Å². The summed E-state index contributed by atoms with van der Waals surface area (Å²) in [5, 5.41) is 10.0. The zero-order valence-corrected chi connectivity index (χ0v) is 13.9. The van der Waals surface area contributed by atoms with Crippen molar-refractivity contribution in [2.75, 3.05) is 20.6 Å². The maximum atomic E-state index is 12.1. The van der Waals surface area contributed by atoms with Crippen LogP contribution in [0.15, 0.2) is 41.2 Å². The summed E-state index contributed by atoms with van der Waals surface area (Å²) < 4.78 is 0. The van der Waals surface area contributed by atoms with Gasteiger partial charge in [-0.1, -0.05) is 6.07 Å². The molecule has 0 aliphatic rings. The van der Waals surface area contributed by atoms with Gasteiger partial charge < -0.3 is 15.5 Å². The summed E-state index contributed by atoms with van der Waals surface area (Å²) >= 11 is 1.66. The van der Waals surface area contributed by atoms with Crippen molar-refractivity contribution in [2.24, 2.45) is 0 Å². The molecule has 5 nitrogen and oxygen atoms in total. The van der Waals surface area contributed by atoms with Gasteiger partial charge in [-0.3, -0.25) is 4.98 Å². The Morgan fingerprint density at radius 3 is 2.77 bits per heavy atom. The van der Waals surface area contributed by atoms with Crippen molar-refractivity contribution in [1.29, 1.82) is 0 Å². The van der Waals surface area contributed by atoms with E-state index in [1.54, 1.807) is 17.5 Å². The maximum absolute atomic E-state index is 12.1. The minimum absolute atomic E-state index is 0.125. The number of thiophene rings is 1. The molecule has 2 aromatic rings. The fourth-order valence-corrected chi connectivity index (χ4v) is 2.91. The normalized spacial score (nSPS) is 13.6. The lowest BCUT2D eigenvalue weighted by Crippen LogP contribution is -2.41. The second-order valence-electron chi connectivity index (χ2n) is 5.37. The molecule has 2 rings (SSSR count). The van der Waals surface area contributed by atoms with Crippen LogP contribution in [0.2, 0.25) is 0 Å². The Hall–Kier alpha value is -1.92. The predicted octanol–water partition coefficient (Wildman–Crippen LogP) is 2.81. The predicted molar refractivity (Wildman–Crippen MR) is 89.9 cm³/mol. The van der Waals surface area contributed by atoms with Crippen LogP contribution in [0.5, 0.6) is 0 Å². The molecule has 118 valence electrons. The molecule has 2 amide bonds. The summed E-state index contributed by atoms with van der Waals surface area (Å²) in [5.41, 5.74) is 2.06. The molecule has 22 heavy (non-hydrogen) atoms. The van der Waals surface area contributed by atoms with Gasteiger partial charge in [0.25, 0.3) is 0 Å². The van der Waals surface area contributed by atoms with E-state index >= 15 is 0 Å². The Labute approximate surface area is 135 Å². The zero-order valence-electron chi connectivity index (χ0n) is 13.1. The number of aromatic nitrogens is 1. The Bertz CT molecular complexity index is 571. The molecule has 0 fully saturated rings. The molecule has 0 aliphatic carbocycles. The highest BCUT2D eigenvalue weighted by Crippen LogP contribution is 2.19. The molecule has 2 atom stereocenters. The molecule has 6 heteroatoms. The SMILES string of the molecule is CC(NC(=O)NCC(c1ccsc1)N(C)C)c1ccccn1. The molecule has 0 saturated carbocycles. The third-order valence-electron chi connectivity index (χ3n) is 3.49. The van der Waals surface area contributed by atoms with Gasteiger partial charge in [0.05, 0.1) is 17.8 Å². The quantitative estimate of drug-likeness (QED) is 0.861. The van der Waals surface area contributed by atoms with Crippen LogP contribution < -0.4 is 10.6 Å². The number of hydrogen-bond donors (Lipinski definition) is 2. The van der Waals surface area contributed by atoms with Crippen molar-refractivity contribution in [3.63, 3.8) is 0 Å². The van der Waals surface area contributed by atoms with Crippen LogP contribution in [-0.2, 0) is 0 Å². The van der Waals surface area contributed by atoms with E-state index in [-0.39, 0.29) is 18.1 Å². The van der Waals surface area contributed by atoms with E-state index in [0.717, 1.165) is 5.69 Å². The molecule has 2 heterocycles. The second-order valence-corrected chi connectivity index (χ2v) is 6.15. The smallest absolute Gasteiger partial charge is 0.315 e. The van der Waals surface area contributed by atoms with Gasteiger partial charge in [-0.2, -0.15) is 11.3 Å². The molecule has 0 aliphatic heterocycles. The van der Waals surface area contributed by atoms with E-state index in [0.29, 0.717) is 6.54 Å². The van der Waals surface area contributed by atoms with Gasteiger partial charge in [0, 0.05) is 12.7 Å². The van der Waals surface area contributed by atoms with E-state index < -0.39 is 0 Å². The minimum Gasteiger partial charge on any atom is -0.336 e. The number of nitrogens with zero attached hydrogens (tertiary/aromatic N) is 2. The summed E-state index contributed by atoms with van der Waals surface area (Å²) in [6, 6.07) is 7.63. The molecule has 0 bridgehead atoms. The van der Waals surface area contributed by atoms with Gasteiger partial charge in [-0.25, -0.2) is 4.79 Å². The molecule has 0 aromatic carbocycles. The molecular weight excluding hydrogens is 296 g/mol. The van der Waals surface area contributed by atoms with E-state index in [2.05, 4.69) is 37.3 Å². The first-order valence-electron chi connectivity index (χ1n) is 7.21. The Morgan fingerprint density at radius 2 is 2.18 bits per heavy atom. The maximum Gasteiger partial charge on any atom is 0.315 e. The number of amides is 2. The van der Waals surface area contributed by atoms with Gasteiger partial charge in [-0.15, -0.1) is 0 Å². The average molecular weight is 318 g/mol. The summed E-state index contributed by atoms with van der Waals surface area (Å²) in [7, 11) is 4.02. The number of likely N-dealkylation sites (N-methyl/N-ethyl adjacent to an activating group) is 1. The molecule has 2 N–H and O–H groups in total. The monoisotopic (exact) mass is 318 g/mol. The minimum atomic E-state index is -0.180. The molecule has 2 unspecified atom stereocenters. The Morgan fingerprint density at radius 1 is 1.36 bits per heavy atom. The number of nitrogens with one attached hydrogen (secondary N) is 2. The molecule has 0 spiro atoms. The largest absolute Gasteiger partial charge is 0.336 e. The molecular formula is C16H22N4OS. The number of carbonyl (C=O) groups excluding carboxylic acids is 1. The van der Waals surface area contributed by atoms with E-state index in [1.165, 1.54) is 5.56 Å². The fraction of sp³-hybridized carbons (Fsp3) is 0.375. The van der Waals surface area contributed by atoms with E-state index in [9.17, 15) is 4.79 Å². The number of rotatable bonds is 6. The van der Waals surface area contributed by atoms with Crippen LogP contribution in [0.4, 0.5) is 4.79 Å². The van der Waals surface area contributed by atoms with Crippen molar-refractivity contribution in [3.8, 4) is 0 Å². The fourth-order valence-electron chi connectivity index (χ4n) is 2.21. The number of hydrogen-bond acceptors (Lipinski definition) is 4.